The number of aromatic nitrogens is 2. The zero-order chi connectivity index (χ0) is 23.9. The van der Waals surface area contributed by atoms with Crippen LogP contribution in [0.2, 0.25) is 0 Å². The smallest absolute Gasteiger partial charge is 0.257 e. The van der Waals surface area contributed by atoms with Gasteiger partial charge < -0.3 is 15.0 Å². The normalized spacial score (nSPS) is 14.2. The summed E-state index contributed by atoms with van der Waals surface area (Å²) in [5.41, 5.74) is 4.19. The highest BCUT2D eigenvalue weighted by Gasteiger charge is 2.30. The van der Waals surface area contributed by atoms with E-state index in [0.717, 1.165) is 23.2 Å². The van der Waals surface area contributed by atoms with Crippen LogP contribution in [0.5, 0.6) is 0 Å². The number of nitrogens with one attached hydrogen (secondary N) is 1. The highest BCUT2D eigenvalue weighted by molar-refractivity contribution is 6.00. The number of amides is 2. The Labute approximate surface area is 200 Å². The second-order valence-electron chi connectivity index (χ2n) is 8.69. The Hall–Kier alpha value is -3.45. The molecule has 2 amide bonds. The van der Waals surface area contributed by atoms with E-state index in [4.69, 9.17) is 9.84 Å². The molecule has 1 saturated heterocycles. The van der Waals surface area contributed by atoms with Crippen molar-refractivity contribution in [1.29, 1.82) is 0 Å². The second kappa shape index (κ2) is 11.1. The Kier molecular flexibility index (Phi) is 7.75. The lowest BCUT2D eigenvalue weighted by molar-refractivity contribution is -0.126. The summed E-state index contributed by atoms with van der Waals surface area (Å²) in [5.74, 6) is -0.0328. The predicted octanol–water partition coefficient (Wildman–Crippen LogP) is 3.85. The number of carbonyl (C=O) groups excluding carboxylic acids is 2. The summed E-state index contributed by atoms with van der Waals surface area (Å²) in [6.07, 6.45) is 3.95. The summed E-state index contributed by atoms with van der Waals surface area (Å²) in [7, 11) is 1.66. The monoisotopic (exact) mass is 460 g/mol. The van der Waals surface area contributed by atoms with Crippen LogP contribution >= 0.6 is 0 Å². The Bertz CT molecular complexity index is 1120. The number of benzene rings is 2. The molecule has 4 rings (SSSR count). The van der Waals surface area contributed by atoms with Gasteiger partial charge in [0.25, 0.3) is 5.91 Å². The Morgan fingerprint density at radius 3 is 2.47 bits per heavy atom. The zero-order valence-electron chi connectivity index (χ0n) is 19.9. The Morgan fingerprint density at radius 1 is 1.06 bits per heavy atom. The topological polar surface area (TPSA) is 76.5 Å². The molecule has 1 aromatic heterocycles. The van der Waals surface area contributed by atoms with Crippen LogP contribution in [0.1, 0.15) is 35.2 Å². The Balaban J connectivity index is 1.51. The molecule has 7 nitrogen and oxygen atoms in total. The third kappa shape index (κ3) is 5.37. The van der Waals surface area contributed by atoms with E-state index in [-0.39, 0.29) is 17.7 Å². The van der Waals surface area contributed by atoms with E-state index in [1.165, 1.54) is 0 Å². The fourth-order valence-corrected chi connectivity index (χ4v) is 4.37. The molecule has 178 valence electrons. The molecule has 0 spiro atoms. The first-order valence-electron chi connectivity index (χ1n) is 11.9. The van der Waals surface area contributed by atoms with Crippen LogP contribution in [0.4, 0.5) is 0 Å². The minimum absolute atomic E-state index is 0.0422. The minimum atomic E-state index is -0.0607. The molecule has 1 fully saturated rings. The highest BCUT2D eigenvalue weighted by Crippen LogP contribution is 2.29. The second-order valence-corrected chi connectivity index (χ2v) is 8.69. The average Bonchev–Trinajstić information content (AvgIpc) is 3.32. The number of methoxy groups -OCH3 is 1. The molecule has 0 atom stereocenters. The molecule has 1 aliphatic heterocycles. The minimum Gasteiger partial charge on any atom is -0.385 e. The fourth-order valence-electron chi connectivity index (χ4n) is 4.37. The number of aryl methyl sites for hydroxylation is 1. The number of hydrogen-bond donors (Lipinski definition) is 1. The molecule has 3 aromatic rings. The van der Waals surface area contributed by atoms with E-state index in [9.17, 15) is 9.59 Å². The van der Waals surface area contributed by atoms with Crippen molar-refractivity contribution in [2.45, 2.75) is 26.2 Å². The van der Waals surface area contributed by atoms with Crippen LogP contribution in [0, 0.1) is 12.8 Å². The average molecular weight is 461 g/mol. The molecule has 1 N–H and O–H groups in total. The van der Waals surface area contributed by atoms with Gasteiger partial charge in [-0.3, -0.25) is 9.59 Å². The number of piperidine rings is 1. The van der Waals surface area contributed by atoms with Crippen molar-refractivity contribution in [1.82, 2.24) is 20.0 Å². The molecule has 0 radical (unpaired) electrons. The van der Waals surface area contributed by atoms with Gasteiger partial charge in [0.15, 0.2) is 0 Å². The summed E-state index contributed by atoms with van der Waals surface area (Å²) in [6, 6.07) is 17.8. The number of hydrogen-bond acceptors (Lipinski definition) is 4. The molecular weight excluding hydrogens is 428 g/mol. The lowest BCUT2D eigenvalue weighted by Crippen LogP contribution is -2.43. The maximum Gasteiger partial charge on any atom is 0.257 e. The molecule has 34 heavy (non-hydrogen) atoms. The zero-order valence-corrected chi connectivity index (χ0v) is 19.9. The number of rotatable bonds is 8. The van der Waals surface area contributed by atoms with Gasteiger partial charge in [-0.1, -0.05) is 42.5 Å². The van der Waals surface area contributed by atoms with Gasteiger partial charge in [-0.25, -0.2) is 4.68 Å². The van der Waals surface area contributed by atoms with Gasteiger partial charge in [-0.15, -0.1) is 0 Å². The quantitative estimate of drug-likeness (QED) is 0.518. The third-order valence-electron chi connectivity index (χ3n) is 6.34. The van der Waals surface area contributed by atoms with Crippen molar-refractivity contribution in [2.24, 2.45) is 5.92 Å². The van der Waals surface area contributed by atoms with E-state index in [1.807, 2.05) is 72.6 Å². The molecule has 0 saturated carbocycles. The first-order valence-corrected chi connectivity index (χ1v) is 11.9. The standard InChI is InChI=1S/C27H32N4O3/c1-20-9-6-7-12-23(20)25-24(19-31(29-25)22-10-4-3-5-11-22)27(33)30-16-13-21(14-17-30)26(32)28-15-8-18-34-2/h3-7,9-12,19,21H,8,13-18H2,1-2H3,(H,28,32). The van der Waals surface area contributed by atoms with Gasteiger partial charge in [-0.05, 0) is 43.9 Å². The lowest BCUT2D eigenvalue weighted by atomic mass is 9.95. The first-order chi connectivity index (χ1) is 16.6. The number of ether oxygens (including phenoxy) is 1. The van der Waals surface area contributed by atoms with Crippen LogP contribution in [-0.2, 0) is 9.53 Å². The van der Waals surface area contributed by atoms with E-state index >= 15 is 0 Å². The number of carbonyl (C=O) groups is 2. The van der Waals surface area contributed by atoms with Crippen LogP contribution in [0.3, 0.4) is 0 Å². The predicted molar refractivity (Wildman–Crippen MR) is 132 cm³/mol. The number of nitrogens with zero attached hydrogens (tertiary/aromatic N) is 3. The molecular formula is C27H32N4O3. The molecule has 2 heterocycles. The molecule has 1 aliphatic rings. The maximum absolute atomic E-state index is 13.6. The summed E-state index contributed by atoms with van der Waals surface area (Å²) < 4.78 is 6.80. The summed E-state index contributed by atoms with van der Waals surface area (Å²) >= 11 is 0. The van der Waals surface area contributed by atoms with Gasteiger partial charge in [0.2, 0.25) is 5.91 Å². The van der Waals surface area contributed by atoms with Gasteiger partial charge in [0, 0.05) is 51.0 Å². The molecule has 7 heteroatoms. The summed E-state index contributed by atoms with van der Waals surface area (Å²) in [5, 5.41) is 7.80. The van der Waals surface area contributed by atoms with Crippen molar-refractivity contribution in [3.8, 4) is 16.9 Å². The molecule has 0 bridgehead atoms. The van der Waals surface area contributed by atoms with Gasteiger partial charge in [0.05, 0.1) is 11.3 Å². The summed E-state index contributed by atoms with van der Waals surface area (Å²) in [6.45, 7) is 4.39. The fraction of sp³-hybridized carbons (Fsp3) is 0.370. The van der Waals surface area contributed by atoms with Gasteiger partial charge in [0.1, 0.15) is 5.69 Å². The van der Waals surface area contributed by atoms with Crippen molar-refractivity contribution in [3.63, 3.8) is 0 Å². The number of para-hydroxylation sites is 1. The molecule has 0 unspecified atom stereocenters. The molecule has 0 aliphatic carbocycles. The first kappa shape index (κ1) is 23.7. The molecule has 2 aromatic carbocycles. The van der Waals surface area contributed by atoms with Crippen molar-refractivity contribution < 1.29 is 14.3 Å². The third-order valence-corrected chi connectivity index (χ3v) is 6.34. The van der Waals surface area contributed by atoms with Crippen LogP contribution in [0.15, 0.2) is 60.8 Å². The SMILES string of the molecule is COCCCNC(=O)C1CCN(C(=O)c2cn(-c3ccccc3)nc2-c2ccccc2C)CC1. The number of likely N-dealkylation sites (tertiary alicyclic amines) is 1. The van der Waals surface area contributed by atoms with E-state index in [1.54, 1.807) is 11.8 Å². The van der Waals surface area contributed by atoms with Gasteiger partial charge >= 0.3 is 0 Å². The largest absolute Gasteiger partial charge is 0.385 e. The highest BCUT2D eigenvalue weighted by atomic mass is 16.5. The lowest BCUT2D eigenvalue weighted by Gasteiger charge is -2.31. The summed E-state index contributed by atoms with van der Waals surface area (Å²) in [4.78, 5) is 28.0. The Morgan fingerprint density at radius 2 is 1.76 bits per heavy atom. The van der Waals surface area contributed by atoms with Crippen LogP contribution in [0.25, 0.3) is 16.9 Å². The van der Waals surface area contributed by atoms with Crippen molar-refractivity contribution in [2.75, 3.05) is 33.4 Å². The van der Waals surface area contributed by atoms with Crippen molar-refractivity contribution in [3.05, 3.63) is 71.9 Å². The van der Waals surface area contributed by atoms with E-state index < -0.39 is 0 Å². The van der Waals surface area contributed by atoms with Crippen LogP contribution < -0.4 is 5.32 Å². The van der Waals surface area contributed by atoms with E-state index in [0.29, 0.717) is 50.3 Å². The van der Waals surface area contributed by atoms with Crippen LogP contribution in [-0.4, -0.2) is 59.8 Å². The van der Waals surface area contributed by atoms with Crippen molar-refractivity contribution >= 4 is 11.8 Å². The van der Waals surface area contributed by atoms with E-state index in [2.05, 4.69) is 5.32 Å². The van der Waals surface area contributed by atoms with Gasteiger partial charge in [-0.2, -0.15) is 5.10 Å². The maximum atomic E-state index is 13.6.